The fraction of sp³-hybridized carbons (Fsp3) is 0.611. The Kier molecular flexibility index (Phi) is 5.03. The van der Waals surface area contributed by atoms with Crippen LogP contribution < -0.4 is 0 Å². The van der Waals surface area contributed by atoms with Crippen molar-refractivity contribution in [3.63, 3.8) is 0 Å². The summed E-state index contributed by atoms with van der Waals surface area (Å²) in [4.78, 5) is 2.34. The molecule has 2 aliphatic rings. The van der Waals surface area contributed by atoms with Crippen LogP contribution in [-0.4, -0.2) is 51.4 Å². The predicted octanol–water partition coefficient (Wildman–Crippen LogP) is 2.74. The van der Waals surface area contributed by atoms with Gasteiger partial charge in [-0.2, -0.15) is 0 Å². The molecule has 0 amide bonds. The smallest absolute Gasteiger partial charge is 0.173 e. The van der Waals surface area contributed by atoms with Crippen molar-refractivity contribution >= 4 is 0 Å². The van der Waals surface area contributed by atoms with E-state index in [1.54, 1.807) is 0 Å². The Morgan fingerprint density at radius 3 is 2.48 bits per heavy atom. The van der Waals surface area contributed by atoms with Gasteiger partial charge in [-0.3, -0.25) is 4.90 Å². The Hall–Kier alpha value is -1.86. The zero-order chi connectivity index (χ0) is 17.1. The fourth-order valence-electron chi connectivity index (χ4n) is 3.97. The van der Waals surface area contributed by atoms with Gasteiger partial charge in [-0.25, -0.2) is 9.07 Å². The third-order valence-electron chi connectivity index (χ3n) is 5.28. The van der Waals surface area contributed by atoms with Gasteiger partial charge in [0.15, 0.2) is 5.82 Å². The van der Waals surface area contributed by atoms with Gasteiger partial charge in [-0.1, -0.05) is 31.4 Å². The molecule has 6 nitrogen and oxygen atoms in total. The zero-order valence-electron chi connectivity index (χ0n) is 14.4. The maximum atomic E-state index is 13.4. The van der Waals surface area contributed by atoms with Crippen molar-refractivity contribution < 1.29 is 9.13 Å². The number of nitrogens with zero attached hydrogens (tertiary/aromatic N) is 5. The number of hydrogen-bond donors (Lipinski definition) is 0. The van der Waals surface area contributed by atoms with Crippen LogP contribution in [0.2, 0.25) is 0 Å². The van der Waals surface area contributed by atoms with Crippen LogP contribution >= 0.6 is 0 Å². The summed E-state index contributed by atoms with van der Waals surface area (Å²) in [7, 11) is 0. The summed E-state index contributed by atoms with van der Waals surface area (Å²) in [5, 5.41) is 12.7. The highest BCUT2D eigenvalue weighted by Crippen LogP contribution is 2.33. The van der Waals surface area contributed by atoms with Gasteiger partial charge in [0.1, 0.15) is 5.82 Å². The molecule has 0 N–H and O–H groups in total. The van der Waals surface area contributed by atoms with Gasteiger partial charge in [0, 0.05) is 13.1 Å². The Labute approximate surface area is 147 Å². The molecule has 0 spiro atoms. The van der Waals surface area contributed by atoms with Crippen LogP contribution in [-0.2, 0) is 4.74 Å². The number of morpholine rings is 1. The molecule has 134 valence electrons. The number of rotatable bonds is 4. The van der Waals surface area contributed by atoms with E-state index >= 15 is 0 Å². The average molecular weight is 345 g/mol. The van der Waals surface area contributed by atoms with Crippen molar-refractivity contribution in [1.82, 2.24) is 25.1 Å². The van der Waals surface area contributed by atoms with Crippen molar-refractivity contribution in [2.75, 3.05) is 26.3 Å². The molecule has 2 fully saturated rings. The van der Waals surface area contributed by atoms with E-state index in [1.165, 1.54) is 31.4 Å². The van der Waals surface area contributed by atoms with Crippen LogP contribution in [0.15, 0.2) is 24.3 Å². The first-order valence-corrected chi connectivity index (χ1v) is 9.18. The molecule has 1 aromatic carbocycles. The van der Waals surface area contributed by atoms with E-state index in [0.29, 0.717) is 19.3 Å². The molecule has 1 saturated carbocycles. The molecule has 2 heterocycles. The molecule has 2 aromatic rings. The van der Waals surface area contributed by atoms with Gasteiger partial charge in [-0.15, -0.1) is 5.10 Å². The monoisotopic (exact) mass is 345 g/mol. The lowest BCUT2D eigenvalue weighted by molar-refractivity contribution is 0.0211. The summed E-state index contributed by atoms with van der Waals surface area (Å²) in [6.07, 6.45) is 5.98. The summed E-state index contributed by atoms with van der Waals surface area (Å²) in [6, 6.07) is 7.00. The molecular formula is C18H24FN5O. The second-order valence-electron chi connectivity index (χ2n) is 6.88. The van der Waals surface area contributed by atoms with Crippen molar-refractivity contribution in [3.8, 4) is 0 Å². The fourth-order valence-corrected chi connectivity index (χ4v) is 3.97. The van der Waals surface area contributed by atoms with Crippen molar-refractivity contribution in [3.05, 3.63) is 41.5 Å². The average Bonchev–Trinajstić information content (AvgIpc) is 3.14. The lowest BCUT2D eigenvalue weighted by atomic mass is 9.95. The highest BCUT2D eigenvalue weighted by atomic mass is 19.1. The van der Waals surface area contributed by atoms with Crippen molar-refractivity contribution in [1.29, 1.82) is 0 Å². The maximum absolute atomic E-state index is 13.4. The topological polar surface area (TPSA) is 56.1 Å². The molecule has 1 aliphatic carbocycles. The standard InChI is InChI=1S/C18H24FN5O/c19-15-8-6-14(7-9-15)17(23-10-12-25-13-11-23)18-20-21-22-24(18)16-4-2-1-3-5-16/h6-9,16-17H,1-5,10-13H2. The Morgan fingerprint density at radius 2 is 1.76 bits per heavy atom. The molecular weight excluding hydrogens is 321 g/mol. The van der Waals surface area contributed by atoms with Crippen LogP contribution in [0.1, 0.15) is 55.6 Å². The van der Waals surface area contributed by atoms with E-state index < -0.39 is 0 Å². The Balaban J connectivity index is 1.70. The number of halogens is 1. The molecule has 4 rings (SSSR count). The normalized spacial score (nSPS) is 21.3. The quantitative estimate of drug-likeness (QED) is 0.853. The van der Waals surface area contributed by atoms with Gasteiger partial charge in [0.25, 0.3) is 0 Å². The molecule has 1 aliphatic heterocycles. The molecule has 7 heteroatoms. The number of hydrogen-bond acceptors (Lipinski definition) is 5. The van der Waals surface area contributed by atoms with E-state index in [9.17, 15) is 4.39 Å². The second-order valence-corrected chi connectivity index (χ2v) is 6.88. The van der Waals surface area contributed by atoms with E-state index in [0.717, 1.165) is 37.3 Å². The van der Waals surface area contributed by atoms with Crippen LogP contribution in [0.25, 0.3) is 0 Å². The molecule has 1 atom stereocenters. The van der Waals surface area contributed by atoms with E-state index in [1.807, 2.05) is 16.8 Å². The molecule has 1 saturated heterocycles. The SMILES string of the molecule is Fc1ccc(C(c2nnnn2C2CCCCC2)N2CCOCC2)cc1. The third-order valence-corrected chi connectivity index (χ3v) is 5.28. The molecule has 0 radical (unpaired) electrons. The summed E-state index contributed by atoms with van der Waals surface area (Å²) in [6.45, 7) is 3.03. The third kappa shape index (κ3) is 3.57. The predicted molar refractivity (Wildman–Crippen MR) is 90.6 cm³/mol. The number of benzene rings is 1. The van der Waals surface area contributed by atoms with Gasteiger partial charge in [0.05, 0.1) is 25.3 Å². The summed E-state index contributed by atoms with van der Waals surface area (Å²) in [5.41, 5.74) is 1.02. The molecule has 0 bridgehead atoms. The van der Waals surface area contributed by atoms with Gasteiger partial charge in [-0.05, 0) is 41.0 Å². The Bertz CT molecular complexity index is 677. The lowest BCUT2D eigenvalue weighted by Gasteiger charge is -2.35. The van der Waals surface area contributed by atoms with Crippen LogP contribution in [0.5, 0.6) is 0 Å². The highest BCUT2D eigenvalue weighted by molar-refractivity contribution is 5.25. The van der Waals surface area contributed by atoms with Crippen LogP contribution in [0, 0.1) is 5.82 Å². The minimum Gasteiger partial charge on any atom is -0.379 e. The van der Waals surface area contributed by atoms with Crippen molar-refractivity contribution in [2.45, 2.75) is 44.2 Å². The molecule has 25 heavy (non-hydrogen) atoms. The second kappa shape index (κ2) is 7.58. The summed E-state index contributed by atoms with van der Waals surface area (Å²) >= 11 is 0. The maximum Gasteiger partial charge on any atom is 0.173 e. The van der Waals surface area contributed by atoms with E-state index in [2.05, 4.69) is 20.4 Å². The Morgan fingerprint density at radius 1 is 1.04 bits per heavy atom. The first-order chi connectivity index (χ1) is 12.3. The van der Waals surface area contributed by atoms with Gasteiger partial charge >= 0.3 is 0 Å². The minimum atomic E-state index is -0.226. The number of tetrazole rings is 1. The number of aromatic nitrogens is 4. The van der Waals surface area contributed by atoms with E-state index in [4.69, 9.17) is 4.74 Å². The largest absolute Gasteiger partial charge is 0.379 e. The minimum absolute atomic E-state index is 0.0681. The van der Waals surface area contributed by atoms with Crippen molar-refractivity contribution in [2.24, 2.45) is 0 Å². The summed E-state index contributed by atoms with van der Waals surface area (Å²) < 4.78 is 21.0. The molecule has 1 unspecified atom stereocenters. The zero-order valence-corrected chi connectivity index (χ0v) is 14.4. The first kappa shape index (κ1) is 16.6. The first-order valence-electron chi connectivity index (χ1n) is 9.18. The number of ether oxygens (including phenoxy) is 1. The van der Waals surface area contributed by atoms with Gasteiger partial charge < -0.3 is 4.74 Å². The lowest BCUT2D eigenvalue weighted by Crippen LogP contribution is -2.41. The highest BCUT2D eigenvalue weighted by Gasteiger charge is 2.31. The van der Waals surface area contributed by atoms with Crippen LogP contribution in [0.3, 0.4) is 0 Å². The van der Waals surface area contributed by atoms with Crippen LogP contribution in [0.4, 0.5) is 4.39 Å². The summed E-state index contributed by atoms with van der Waals surface area (Å²) in [5.74, 6) is 0.636. The molecule has 1 aromatic heterocycles. The van der Waals surface area contributed by atoms with E-state index in [-0.39, 0.29) is 11.9 Å². The van der Waals surface area contributed by atoms with Gasteiger partial charge in [0.2, 0.25) is 0 Å².